The monoisotopic (exact) mass is 251 g/mol. The Morgan fingerprint density at radius 1 is 1.39 bits per heavy atom. The summed E-state index contributed by atoms with van der Waals surface area (Å²) >= 11 is 0. The van der Waals surface area contributed by atoms with Gasteiger partial charge in [-0.05, 0) is 44.7 Å². The zero-order chi connectivity index (χ0) is 13.1. The molecule has 0 spiro atoms. The molecule has 1 aromatic rings. The predicted molar refractivity (Wildman–Crippen MR) is 68.6 cm³/mol. The highest BCUT2D eigenvalue weighted by atomic mass is 16.4. The molecule has 2 rings (SSSR count). The lowest BCUT2D eigenvalue weighted by atomic mass is 9.99. The summed E-state index contributed by atoms with van der Waals surface area (Å²) in [5.74, 6) is 0.420. The first kappa shape index (κ1) is 13.1. The summed E-state index contributed by atoms with van der Waals surface area (Å²) in [6.07, 6.45) is 5.24. The molecule has 1 unspecified atom stereocenters. The normalized spacial score (nSPS) is 19.9. The second-order valence-corrected chi connectivity index (χ2v) is 5.23. The van der Waals surface area contributed by atoms with Gasteiger partial charge in [0.25, 0.3) is 0 Å². The fourth-order valence-corrected chi connectivity index (χ4v) is 2.77. The summed E-state index contributed by atoms with van der Waals surface area (Å²) in [4.78, 5) is 10.8. The lowest BCUT2D eigenvalue weighted by Crippen LogP contribution is -2.34. The van der Waals surface area contributed by atoms with Gasteiger partial charge in [0.2, 0.25) is 5.76 Å². The van der Waals surface area contributed by atoms with E-state index in [4.69, 9.17) is 9.52 Å². The Hall–Kier alpha value is -1.29. The third kappa shape index (κ3) is 2.93. The average Bonchev–Trinajstić information content (AvgIpc) is 3.00. The molecule has 0 aromatic carbocycles. The van der Waals surface area contributed by atoms with Gasteiger partial charge in [0, 0.05) is 6.04 Å². The van der Waals surface area contributed by atoms with Gasteiger partial charge in [-0.3, -0.25) is 0 Å². The average molecular weight is 251 g/mol. The van der Waals surface area contributed by atoms with Crippen molar-refractivity contribution in [1.29, 1.82) is 0 Å². The topological polar surface area (TPSA) is 62.5 Å². The maximum absolute atomic E-state index is 10.8. The molecule has 1 aromatic heterocycles. The van der Waals surface area contributed by atoms with Crippen LogP contribution in [0.3, 0.4) is 0 Å². The highest BCUT2D eigenvalue weighted by molar-refractivity contribution is 5.84. The molecule has 100 valence electrons. The van der Waals surface area contributed by atoms with Crippen LogP contribution in [0.25, 0.3) is 0 Å². The van der Waals surface area contributed by atoms with Gasteiger partial charge >= 0.3 is 5.97 Å². The molecular weight excluding hydrogens is 230 g/mol. The smallest absolute Gasteiger partial charge is 0.371 e. The summed E-state index contributed by atoms with van der Waals surface area (Å²) in [7, 11) is 0. The molecule has 18 heavy (non-hydrogen) atoms. The van der Waals surface area contributed by atoms with E-state index in [1.165, 1.54) is 31.7 Å². The first-order valence-corrected chi connectivity index (χ1v) is 6.67. The molecular formula is C14H21NO3. The van der Waals surface area contributed by atoms with E-state index in [1.807, 2.05) is 6.92 Å². The van der Waals surface area contributed by atoms with Crippen molar-refractivity contribution >= 4 is 5.97 Å². The summed E-state index contributed by atoms with van der Waals surface area (Å²) in [6, 6.07) is 3.74. The predicted octanol–water partition coefficient (Wildman–Crippen LogP) is 3.21. The fourth-order valence-electron chi connectivity index (χ4n) is 2.77. The van der Waals surface area contributed by atoms with Crippen molar-refractivity contribution in [2.24, 2.45) is 5.92 Å². The van der Waals surface area contributed by atoms with Gasteiger partial charge in [0.1, 0.15) is 5.76 Å². The van der Waals surface area contributed by atoms with Crippen LogP contribution < -0.4 is 5.32 Å². The summed E-state index contributed by atoms with van der Waals surface area (Å²) < 4.78 is 5.31. The Bertz CT molecular complexity index is 407. The molecule has 1 saturated carbocycles. The van der Waals surface area contributed by atoms with Crippen LogP contribution in [0, 0.1) is 5.92 Å². The van der Waals surface area contributed by atoms with Crippen LogP contribution in [0.4, 0.5) is 0 Å². The van der Waals surface area contributed by atoms with Crippen LogP contribution in [-0.4, -0.2) is 17.1 Å². The first-order chi connectivity index (χ1) is 8.58. The van der Waals surface area contributed by atoms with Crippen molar-refractivity contribution in [2.45, 2.75) is 51.6 Å². The lowest BCUT2D eigenvalue weighted by molar-refractivity contribution is 0.0659. The maximum atomic E-state index is 10.8. The number of carbonyl (C=O) groups is 1. The minimum absolute atomic E-state index is 0.00664. The Labute approximate surface area is 107 Å². The van der Waals surface area contributed by atoms with Crippen LogP contribution in [0.5, 0.6) is 0 Å². The van der Waals surface area contributed by atoms with E-state index in [-0.39, 0.29) is 11.8 Å². The van der Waals surface area contributed by atoms with Crippen molar-refractivity contribution in [1.82, 2.24) is 5.32 Å². The van der Waals surface area contributed by atoms with Crippen molar-refractivity contribution in [2.75, 3.05) is 0 Å². The van der Waals surface area contributed by atoms with Gasteiger partial charge in [-0.15, -0.1) is 0 Å². The highest BCUT2D eigenvalue weighted by Gasteiger charge is 2.24. The zero-order valence-electron chi connectivity index (χ0n) is 11.0. The van der Waals surface area contributed by atoms with Crippen LogP contribution >= 0.6 is 0 Å². The van der Waals surface area contributed by atoms with Gasteiger partial charge in [0.15, 0.2) is 0 Å². The second kappa shape index (κ2) is 5.57. The van der Waals surface area contributed by atoms with Gasteiger partial charge in [-0.1, -0.05) is 12.8 Å². The van der Waals surface area contributed by atoms with Crippen LogP contribution in [0.2, 0.25) is 0 Å². The van der Waals surface area contributed by atoms with E-state index in [2.05, 4.69) is 12.2 Å². The lowest BCUT2D eigenvalue weighted by Gasteiger charge is -2.23. The van der Waals surface area contributed by atoms with E-state index in [0.29, 0.717) is 11.8 Å². The maximum Gasteiger partial charge on any atom is 0.371 e. The minimum Gasteiger partial charge on any atom is -0.475 e. The van der Waals surface area contributed by atoms with Gasteiger partial charge in [0.05, 0.1) is 6.04 Å². The number of rotatable bonds is 5. The van der Waals surface area contributed by atoms with E-state index in [1.54, 1.807) is 6.07 Å². The Morgan fingerprint density at radius 3 is 2.61 bits per heavy atom. The number of hydrogen-bond donors (Lipinski definition) is 2. The van der Waals surface area contributed by atoms with E-state index in [9.17, 15) is 4.79 Å². The standard InChI is InChI=1S/C14H21NO3/c1-9(11-5-3-4-6-11)15-10(2)12-7-8-13(18-12)14(16)17/h7-11,15H,3-6H2,1-2H3,(H,16,17)/t9-,10?/m0/s1. The number of carboxylic acid groups (broad SMARTS) is 1. The van der Waals surface area contributed by atoms with E-state index in [0.717, 1.165) is 5.92 Å². The molecule has 1 fully saturated rings. The number of hydrogen-bond acceptors (Lipinski definition) is 3. The summed E-state index contributed by atoms with van der Waals surface area (Å²) in [5.41, 5.74) is 0. The quantitative estimate of drug-likeness (QED) is 0.843. The second-order valence-electron chi connectivity index (χ2n) is 5.23. The van der Waals surface area contributed by atoms with Gasteiger partial charge in [-0.2, -0.15) is 0 Å². The number of aromatic carboxylic acids is 1. The highest BCUT2D eigenvalue weighted by Crippen LogP contribution is 2.29. The number of furan rings is 1. The summed E-state index contributed by atoms with van der Waals surface area (Å²) in [6.45, 7) is 4.21. The van der Waals surface area contributed by atoms with Crippen molar-refractivity contribution < 1.29 is 14.3 Å². The molecule has 1 aliphatic rings. The SMILES string of the molecule is CC(N[C@@H](C)C1CCCC1)c1ccc(C(=O)O)o1. The Kier molecular flexibility index (Phi) is 4.07. The minimum atomic E-state index is -1.02. The Morgan fingerprint density at radius 2 is 2.06 bits per heavy atom. The van der Waals surface area contributed by atoms with Gasteiger partial charge in [-0.25, -0.2) is 4.79 Å². The number of nitrogens with one attached hydrogen (secondary N) is 1. The van der Waals surface area contributed by atoms with Crippen molar-refractivity contribution in [3.05, 3.63) is 23.7 Å². The fraction of sp³-hybridized carbons (Fsp3) is 0.643. The van der Waals surface area contributed by atoms with Crippen LogP contribution in [-0.2, 0) is 0 Å². The van der Waals surface area contributed by atoms with E-state index >= 15 is 0 Å². The van der Waals surface area contributed by atoms with Crippen LogP contribution in [0.15, 0.2) is 16.5 Å². The molecule has 0 radical (unpaired) electrons. The van der Waals surface area contributed by atoms with E-state index < -0.39 is 5.97 Å². The van der Waals surface area contributed by atoms with Crippen molar-refractivity contribution in [3.8, 4) is 0 Å². The molecule has 4 heteroatoms. The van der Waals surface area contributed by atoms with Crippen molar-refractivity contribution in [3.63, 3.8) is 0 Å². The molecule has 1 aliphatic carbocycles. The molecule has 2 atom stereocenters. The number of carboxylic acids is 1. The molecule has 1 heterocycles. The molecule has 0 aliphatic heterocycles. The molecule has 0 amide bonds. The molecule has 2 N–H and O–H groups in total. The zero-order valence-corrected chi connectivity index (χ0v) is 11.0. The first-order valence-electron chi connectivity index (χ1n) is 6.67. The molecule has 0 bridgehead atoms. The third-order valence-electron chi connectivity index (χ3n) is 3.88. The van der Waals surface area contributed by atoms with Crippen LogP contribution in [0.1, 0.15) is 61.9 Å². The Balaban J connectivity index is 1.93. The largest absolute Gasteiger partial charge is 0.475 e. The van der Waals surface area contributed by atoms with Gasteiger partial charge < -0.3 is 14.8 Å². The summed E-state index contributed by atoms with van der Waals surface area (Å²) in [5, 5.41) is 12.3. The third-order valence-corrected chi connectivity index (χ3v) is 3.88. The molecule has 0 saturated heterocycles. The molecule has 4 nitrogen and oxygen atoms in total.